The van der Waals surface area contributed by atoms with E-state index in [9.17, 15) is 14.7 Å². The van der Waals surface area contributed by atoms with E-state index in [1.165, 1.54) is 13.2 Å². The van der Waals surface area contributed by atoms with Gasteiger partial charge in [0.2, 0.25) is 0 Å². The molecule has 0 spiro atoms. The summed E-state index contributed by atoms with van der Waals surface area (Å²) >= 11 is 2.00. The van der Waals surface area contributed by atoms with E-state index in [2.05, 4.69) is 4.74 Å². The number of rotatable bonds is 4. The Morgan fingerprint density at radius 3 is 2.62 bits per heavy atom. The highest BCUT2D eigenvalue weighted by Crippen LogP contribution is 2.26. The third-order valence-corrected chi connectivity index (χ3v) is 4.66. The lowest BCUT2D eigenvalue weighted by molar-refractivity contribution is -0.141. The first kappa shape index (κ1) is 16.1. The summed E-state index contributed by atoms with van der Waals surface area (Å²) in [6.45, 7) is -0.0489. The van der Waals surface area contributed by atoms with Crippen LogP contribution in [-0.2, 0) is 9.53 Å². The maximum atomic E-state index is 12.7. The fourth-order valence-electron chi connectivity index (χ4n) is 2.60. The molecule has 0 atom stereocenters. The molecule has 0 aromatic heterocycles. The second-order valence-electron chi connectivity index (χ2n) is 5.11. The summed E-state index contributed by atoms with van der Waals surface area (Å²) in [5, 5.41) is 9.75. The average Bonchev–Trinajstić information content (AvgIpc) is 3.00. The lowest BCUT2D eigenvalue weighted by Gasteiger charge is -2.28. The van der Waals surface area contributed by atoms with Gasteiger partial charge in [0.05, 0.1) is 10.7 Å². The molecular formula is C15H18INO4. The van der Waals surface area contributed by atoms with Crippen LogP contribution < -0.4 is 0 Å². The SMILES string of the molecule is COC(=O)CN(C(=O)c1ccc(I)c(O)c1)C1CCCC1. The second kappa shape index (κ2) is 7.11. The summed E-state index contributed by atoms with van der Waals surface area (Å²) in [5.41, 5.74) is 0.392. The molecule has 5 nitrogen and oxygen atoms in total. The van der Waals surface area contributed by atoms with Crippen molar-refractivity contribution in [3.63, 3.8) is 0 Å². The molecule has 0 saturated heterocycles. The Bertz CT molecular complexity index is 540. The maximum Gasteiger partial charge on any atom is 0.325 e. The van der Waals surface area contributed by atoms with Gasteiger partial charge in [-0.25, -0.2) is 0 Å². The van der Waals surface area contributed by atoms with Crippen LogP contribution in [0.3, 0.4) is 0 Å². The zero-order valence-corrected chi connectivity index (χ0v) is 14.0. The first-order valence-corrected chi connectivity index (χ1v) is 7.97. The van der Waals surface area contributed by atoms with Crippen LogP contribution in [0, 0.1) is 3.57 Å². The average molecular weight is 403 g/mol. The number of hydrogen-bond donors (Lipinski definition) is 1. The number of methoxy groups -OCH3 is 1. The van der Waals surface area contributed by atoms with Gasteiger partial charge in [0.1, 0.15) is 12.3 Å². The molecule has 1 fully saturated rings. The highest BCUT2D eigenvalue weighted by Gasteiger charge is 2.29. The normalized spacial score (nSPS) is 15.0. The smallest absolute Gasteiger partial charge is 0.325 e. The minimum Gasteiger partial charge on any atom is -0.507 e. The number of aromatic hydroxyl groups is 1. The van der Waals surface area contributed by atoms with E-state index >= 15 is 0 Å². The van der Waals surface area contributed by atoms with Crippen molar-refractivity contribution in [1.82, 2.24) is 4.90 Å². The third kappa shape index (κ3) is 3.87. The Labute approximate surface area is 137 Å². The van der Waals surface area contributed by atoms with Gasteiger partial charge >= 0.3 is 5.97 Å². The fraction of sp³-hybridized carbons (Fsp3) is 0.467. The van der Waals surface area contributed by atoms with Crippen molar-refractivity contribution in [2.24, 2.45) is 0 Å². The topological polar surface area (TPSA) is 66.8 Å². The summed E-state index contributed by atoms with van der Waals surface area (Å²) < 4.78 is 5.37. The van der Waals surface area contributed by atoms with Crippen molar-refractivity contribution in [3.8, 4) is 5.75 Å². The van der Waals surface area contributed by atoms with Crippen LogP contribution in [0.1, 0.15) is 36.0 Å². The molecule has 0 unspecified atom stereocenters. The minimum atomic E-state index is -0.426. The van der Waals surface area contributed by atoms with Gasteiger partial charge in [0.15, 0.2) is 0 Å². The lowest BCUT2D eigenvalue weighted by atomic mass is 10.1. The molecule has 114 valence electrons. The van der Waals surface area contributed by atoms with E-state index in [0.29, 0.717) is 9.13 Å². The summed E-state index contributed by atoms with van der Waals surface area (Å²) in [5.74, 6) is -0.588. The fourth-order valence-corrected chi connectivity index (χ4v) is 2.93. The molecular weight excluding hydrogens is 385 g/mol. The lowest BCUT2D eigenvalue weighted by Crippen LogP contribution is -2.42. The zero-order chi connectivity index (χ0) is 15.4. The molecule has 6 heteroatoms. The monoisotopic (exact) mass is 403 g/mol. The van der Waals surface area contributed by atoms with Gasteiger partial charge < -0.3 is 14.7 Å². The van der Waals surface area contributed by atoms with E-state index in [0.717, 1.165) is 25.7 Å². The number of hydrogen-bond acceptors (Lipinski definition) is 4. The molecule has 1 aliphatic rings. The number of esters is 1. The number of ether oxygens (including phenoxy) is 1. The number of carbonyl (C=O) groups excluding carboxylic acids is 2. The van der Waals surface area contributed by atoms with Gasteiger partial charge in [-0.15, -0.1) is 0 Å². The van der Waals surface area contributed by atoms with Crippen LogP contribution in [0.15, 0.2) is 18.2 Å². The number of amides is 1. The largest absolute Gasteiger partial charge is 0.507 e. The standard InChI is InChI=1S/C15H18INO4/c1-21-14(19)9-17(11-4-2-3-5-11)15(20)10-6-7-12(16)13(18)8-10/h6-8,11,18H,2-5,9H2,1H3. The molecule has 0 aliphatic heterocycles. The van der Waals surface area contributed by atoms with Crippen molar-refractivity contribution in [3.05, 3.63) is 27.3 Å². The Morgan fingerprint density at radius 1 is 1.38 bits per heavy atom. The van der Waals surface area contributed by atoms with Crippen LogP contribution in [0.4, 0.5) is 0 Å². The van der Waals surface area contributed by atoms with E-state index < -0.39 is 5.97 Å². The van der Waals surface area contributed by atoms with Crippen molar-refractivity contribution in [2.45, 2.75) is 31.7 Å². The Hall–Kier alpha value is -1.31. The van der Waals surface area contributed by atoms with Crippen LogP contribution in [0.25, 0.3) is 0 Å². The van der Waals surface area contributed by atoms with Gasteiger partial charge in [-0.2, -0.15) is 0 Å². The van der Waals surface area contributed by atoms with Crippen molar-refractivity contribution >= 4 is 34.5 Å². The predicted octanol–water partition coefficient (Wildman–Crippen LogP) is 2.55. The van der Waals surface area contributed by atoms with E-state index in [4.69, 9.17) is 0 Å². The molecule has 1 aliphatic carbocycles. The highest BCUT2D eigenvalue weighted by atomic mass is 127. The predicted molar refractivity (Wildman–Crippen MR) is 86.1 cm³/mol. The molecule has 1 saturated carbocycles. The second-order valence-corrected chi connectivity index (χ2v) is 6.28. The van der Waals surface area contributed by atoms with Gasteiger partial charge in [-0.05, 0) is 53.6 Å². The quantitative estimate of drug-likeness (QED) is 0.620. The van der Waals surface area contributed by atoms with Crippen molar-refractivity contribution in [2.75, 3.05) is 13.7 Å². The van der Waals surface area contributed by atoms with Gasteiger partial charge in [-0.1, -0.05) is 12.8 Å². The number of benzene rings is 1. The highest BCUT2D eigenvalue weighted by molar-refractivity contribution is 14.1. The molecule has 21 heavy (non-hydrogen) atoms. The maximum absolute atomic E-state index is 12.7. The summed E-state index contributed by atoms with van der Waals surface area (Å²) in [6.07, 6.45) is 3.93. The molecule has 0 bridgehead atoms. The van der Waals surface area contributed by atoms with E-state index in [-0.39, 0.29) is 24.2 Å². The zero-order valence-electron chi connectivity index (χ0n) is 11.8. The molecule has 1 aromatic carbocycles. The molecule has 1 N–H and O–H groups in total. The Kier molecular flexibility index (Phi) is 5.44. The van der Waals surface area contributed by atoms with Gasteiger partial charge in [-0.3, -0.25) is 9.59 Å². The van der Waals surface area contributed by atoms with Crippen LogP contribution in [0.2, 0.25) is 0 Å². The van der Waals surface area contributed by atoms with E-state index in [1.807, 2.05) is 22.6 Å². The van der Waals surface area contributed by atoms with Crippen molar-refractivity contribution < 1.29 is 19.4 Å². The van der Waals surface area contributed by atoms with E-state index in [1.54, 1.807) is 17.0 Å². The first-order chi connectivity index (χ1) is 10.0. The molecule has 1 amide bonds. The number of phenolic OH excluding ortho intramolecular Hbond substituents is 1. The molecule has 0 radical (unpaired) electrons. The Morgan fingerprint density at radius 2 is 2.05 bits per heavy atom. The third-order valence-electron chi connectivity index (χ3n) is 3.75. The van der Waals surface area contributed by atoms with Crippen LogP contribution in [0.5, 0.6) is 5.75 Å². The number of carbonyl (C=O) groups is 2. The summed E-state index contributed by atoms with van der Waals surface area (Å²) in [6, 6.07) is 4.87. The van der Waals surface area contributed by atoms with Crippen LogP contribution in [-0.4, -0.2) is 41.6 Å². The first-order valence-electron chi connectivity index (χ1n) is 6.89. The van der Waals surface area contributed by atoms with Crippen LogP contribution >= 0.6 is 22.6 Å². The Balaban J connectivity index is 2.23. The van der Waals surface area contributed by atoms with Gasteiger partial charge in [0, 0.05) is 11.6 Å². The molecule has 2 rings (SSSR count). The number of phenols is 1. The molecule has 1 aromatic rings. The van der Waals surface area contributed by atoms with Crippen molar-refractivity contribution in [1.29, 1.82) is 0 Å². The number of nitrogens with zero attached hydrogens (tertiary/aromatic N) is 1. The number of halogens is 1. The summed E-state index contributed by atoms with van der Waals surface area (Å²) in [4.78, 5) is 25.8. The minimum absolute atomic E-state index is 0.0489. The summed E-state index contributed by atoms with van der Waals surface area (Å²) in [7, 11) is 1.32. The molecule has 0 heterocycles. The van der Waals surface area contributed by atoms with Gasteiger partial charge in [0.25, 0.3) is 5.91 Å².